The smallest absolute Gasteiger partial charge is 0.293 e. The van der Waals surface area contributed by atoms with Gasteiger partial charge in [0.05, 0.1) is 4.92 Å². The highest BCUT2D eigenvalue weighted by molar-refractivity contribution is 6.06. The van der Waals surface area contributed by atoms with Gasteiger partial charge in [0.25, 0.3) is 5.69 Å². The highest BCUT2D eigenvalue weighted by Gasteiger charge is 2.18. The van der Waals surface area contributed by atoms with Crippen molar-refractivity contribution in [3.05, 3.63) is 100 Å². The predicted molar refractivity (Wildman–Crippen MR) is 109 cm³/mol. The fourth-order valence-electron chi connectivity index (χ4n) is 2.76. The van der Waals surface area contributed by atoms with Crippen molar-refractivity contribution in [2.75, 3.05) is 11.9 Å². The molecule has 0 bridgehead atoms. The number of aromatic hydroxyl groups is 1. The van der Waals surface area contributed by atoms with Gasteiger partial charge in [0.15, 0.2) is 5.78 Å². The first-order valence-electron chi connectivity index (χ1n) is 8.54. The lowest BCUT2D eigenvalue weighted by Gasteiger charge is -2.19. The Morgan fingerprint density at radius 2 is 1.71 bits per heavy atom. The minimum absolute atomic E-state index is 0.0504. The molecule has 0 unspecified atom stereocenters. The summed E-state index contributed by atoms with van der Waals surface area (Å²) in [5, 5.41) is 20.9. The molecule has 0 saturated carbocycles. The van der Waals surface area contributed by atoms with Crippen molar-refractivity contribution in [3.63, 3.8) is 0 Å². The predicted octanol–water partition coefficient (Wildman–Crippen LogP) is 4.96. The van der Waals surface area contributed by atoms with Gasteiger partial charge in [-0.3, -0.25) is 14.9 Å². The molecule has 1 N–H and O–H groups in total. The number of nitro groups is 1. The molecule has 0 amide bonds. The Labute approximate surface area is 162 Å². The summed E-state index contributed by atoms with van der Waals surface area (Å²) in [4.78, 5) is 25.1. The summed E-state index contributed by atoms with van der Waals surface area (Å²) in [6.07, 6.45) is 2.89. The number of phenols is 1. The van der Waals surface area contributed by atoms with Crippen LogP contribution in [-0.2, 0) is 0 Å². The van der Waals surface area contributed by atoms with Gasteiger partial charge < -0.3 is 10.0 Å². The average Bonchev–Trinajstić information content (AvgIpc) is 2.72. The maximum Gasteiger partial charge on any atom is 0.293 e. The molecule has 6 heteroatoms. The van der Waals surface area contributed by atoms with E-state index in [0.717, 1.165) is 5.69 Å². The van der Waals surface area contributed by atoms with Crippen LogP contribution in [0.1, 0.15) is 15.9 Å². The number of allylic oxidation sites excluding steroid dienone is 1. The van der Waals surface area contributed by atoms with Crippen LogP contribution in [0.3, 0.4) is 0 Å². The molecular weight excluding hydrogens is 356 g/mol. The Morgan fingerprint density at radius 1 is 1.04 bits per heavy atom. The van der Waals surface area contributed by atoms with E-state index >= 15 is 0 Å². The van der Waals surface area contributed by atoms with Crippen molar-refractivity contribution in [1.82, 2.24) is 0 Å². The zero-order chi connectivity index (χ0) is 20.1. The van der Waals surface area contributed by atoms with Crippen molar-refractivity contribution in [1.29, 1.82) is 0 Å². The van der Waals surface area contributed by atoms with Crippen LogP contribution in [0.2, 0.25) is 0 Å². The van der Waals surface area contributed by atoms with Gasteiger partial charge in [-0.15, -0.1) is 0 Å². The first kappa shape index (κ1) is 18.8. The van der Waals surface area contributed by atoms with Crippen LogP contribution in [0.15, 0.2) is 78.9 Å². The molecule has 3 aromatic rings. The van der Waals surface area contributed by atoms with E-state index in [9.17, 15) is 20.0 Å². The van der Waals surface area contributed by atoms with Crippen molar-refractivity contribution < 1.29 is 14.8 Å². The van der Waals surface area contributed by atoms with Crippen molar-refractivity contribution in [3.8, 4) is 5.75 Å². The topological polar surface area (TPSA) is 83.7 Å². The van der Waals surface area contributed by atoms with Gasteiger partial charge >= 0.3 is 0 Å². The van der Waals surface area contributed by atoms with Crippen LogP contribution < -0.4 is 4.90 Å². The number of hydrogen-bond donors (Lipinski definition) is 1. The Bertz CT molecular complexity index is 1030. The first-order valence-corrected chi connectivity index (χ1v) is 8.54. The van der Waals surface area contributed by atoms with Crippen LogP contribution in [0.25, 0.3) is 6.08 Å². The largest absolute Gasteiger partial charge is 0.508 e. The second kappa shape index (κ2) is 8.18. The summed E-state index contributed by atoms with van der Waals surface area (Å²) in [5.74, 6) is -0.178. The molecular formula is C22H18N2O4. The Balaban J connectivity index is 1.87. The number of nitrogens with zero attached hydrogens (tertiary/aromatic N) is 2. The summed E-state index contributed by atoms with van der Waals surface area (Å²) in [7, 11) is 1.77. The lowest BCUT2D eigenvalue weighted by molar-refractivity contribution is -0.384. The summed E-state index contributed by atoms with van der Waals surface area (Å²) >= 11 is 0. The lowest BCUT2D eigenvalue weighted by atomic mass is 10.1. The summed E-state index contributed by atoms with van der Waals surface area (Å²) in [6.45, 7) is 0. The number of anilines is 2. The fraction of sp³-hybridized carbons (Fsp3) is 0.0455. The molecule has 0 radical (unpaired) electrons. The van der Waals surface area contributed by atoms with Crippen LogP contribution in [0.5, 0.6) is 5.75 Å². The highest BCUT2D eigenvalue weighted by atomic mass is 16.6. The molecule has 0 aliphatic heterocycles. The molecule has 0 atom stereocenters. The van der Waals surface area contributed by atoms with Gasteiger partial charge in [-0.05, 0) is 54.1 Å². The van der Waals surface area contributed by atoms with Gasteiger partial charge in [0.2, 0.25) is 0 Å². The summed E-state index contributed by atoms with van der Waals surface area (Å²) < 4.78 is 0. The maximum atomic E-state index is 12.2. The molecule has 3 aromatic carbocycles. The number of ketones is 1. The maximum absolute atomic E-state index is 12.2. The molecule has 140 valence electrons. The van der Waals surface area contributed by atoms with E-state index in [1.807, 2.05) is 30.3 Å². The quantitative estimate of drug-likeness (QED) is 0.285. The van der Waals surface area contributed by atoms with Gasteiger partial charge in [0.1, 0.15) is 11.4 Å². The van der Waals surface area contributed by atoms with E-state index in [4.69, 9.17) is 0 Å². The molecule has 28 heavy (non-hydrogen) atoms. The number of para-hydroxylation sites is 1. The van der Waals surface area contributed by atoms with Crippen molar-refractivity contribution in [2.45, 2.75) is 0 Å². The standard InChI is InChI=1S/C22H18N2O4/c1-23(18-5-3-2-4-6-18)20-13-7-16(15-21(20)24(27)28)8-14-22(26)17-9-11-19(25)12-10-17/h2-15,25H,1H3/b14-8+. The van der Waals surface area contributed by atoms with E-state index in [1.165, 1.54) is 42.5 Å². The first-order chi connectivity index (χ1) is 13.5. The SMILES string of the molecule is CN(c1ccccc1)c1ccc(/C=C/C(=O)c2ccc(O)cc2)cc1[N+](=O)[O-]. The monoisotopic (exact) mass is 374 g/mol. The van der Waals surface area contributed by atoms with Crippen molar-refractivity contribution in [2.24, 2.45) is 0 Å². The summed E-state index contributed by atoms with van der Waals surface area (Å²) in [6, 6.07) is 20.1. The molecule has 0 aliphatic rings. The lowest BCUT2D eigenvalue weighted by Crippen LogP contribution is -2.11. The third kappa shape index (κ3) is 4.24. The molecule has 0 aliphatic carbocycles. The molecule has 0 heterocycles. The number of carbonyl (C=O) groups is 1. The minimum atomic E-state index is -0.437. The molecule has 0 aromatic heterocycles. The van der Waals surface area contributed by atoms with Crippen LogP contribution in [0, 0.1) is 10.1 Å². The van der Waals surface area contributed by atoms with E-state index in [1.54, 1.807) is 24.1 Å². The molecule has 3 rings (SSSR count). The average molecular weight is 374 g/mol. The second-order valence-corrected chi connectivity index (χ2v) is 6.14. The van der Waals surface area contributed by atoms with Crippen LogP contribution in [-0.4, -0.2) is 22.9 Å². The van der Waals surface area contributed by atoms with Gasteiger partial charge in [0, 0.05) is 24.4 Å². The zero-order valence-electron chi connectivity index (χ0n) is 15.1. The zero-order valence-corrected chi connectivity index (χ0v) is 15.1. The number of benzene rings is 3. The number of rotatable bonds is 6. The third-order valence-corrected chi connectivity index (χ3v) is 4.28. The Hall–Kier alpha value is -3.93. The number of nitro benzene ring substituents is 1. The van der Waals surface area contributed by atoms with E-state index in [0.29, 0.717) is 16.8 Å². The second-order valence-electron chi connectivity index (χ2n) is 6.14. The third-order valence-electron chi connectivity index (χ3n) is 4.28. The summed E-state index contributed by atoms with van der Waals surface area (Å²) in [5.41, 5.74) is 2.20. The molecule has 6 nitrogen and oxygen atoms in total. The van der Waals surface area contributed by atoms with Gasteiger partial charge in [-0.1, -0.05) is 30.3 Å². The molecule has 0 spiro atoms. The van der Waals surface area contributed by atoms with Gasteiger partial charge in [-0.2, -0.15) is 0 Å². The fourth-order valence-corrected chi connectivity index (χ4v) is 2.76. The van der Waals surface area contributed by atoms with E-state index < -0.39 is 4.92 Å². The van der Waals surface area contributed by atoms with Gasteiger partial charge in [-0.25, -0.2) is 0 Å². The van der Waals surface area contributed by atoms with Crippen LogP contribution in [0.4, 0.5) is 17.1 Å². The Kier molecular flexibility index (Phi) is 5.50. The minimum Gasteiger partial charge on any atom is -0.508 e. The number of phenolic OH excluding ortho intramolecular Hbond substituents is 1. The number of hydrogen-bond acceptors (Lipinski definition) is 5. The van der Waals surface area contributed by atoms with Crippen molar-refractivity contribution >= 4 is 28.9 Å². The number of carbonyl (C=O) groups excluding carboxylic acids is 1. The van der Waals surface area contributed by atoms with E-state index in [2.05, 4.69) is 0 Å². The molecule has 0 fully saturated rings. The van der Waals surface area contributed by atoms with E-state index in [-0.39, 0.29) is 17.2 Å². The van der Waals surface area contributed by atoms with Crippen LogP contribution >= 0.6 is 0 Å². The highest BCUT2D eigenvalue weighted by Crippen LogP contribution is 2.33. The molecule has 0 saturated heterocycles. The normalized spacial score (nSPS) is 10.8. The Morgan fingerprint density at radius 3 is 2.36 bits per heavy atom.